The molecule has 0 fully saturated rings. The van der Waals surface area contributed by atoms with Crippen LogP contribution in [0.15, 0.2) is 18.2 Å². The van der Waals surface area contributed by atoms with Crippen molar-refractivity contribution < 1.29 is 13.4 Å². The van der Waals surface area contributed by atoms with Gasteiger partial charge in [-0.05, 0) is 24.1 Å². The van der Waals surface area contributed by atoms with Gasteiger partial charge in [-0.15, -0.1) is 0 Å². The monoisotopic (exact) mass is 286 g/mol. The van der Waals surface area contributed by atoms with E-state index in [4.69, 9.17) is 5.73 Å². The zero-order valence-corrected chi connectivity index (χ0v) is 12.1. The number of carbonyl (C=O) groups excluding carboxylic acids is 1. The minimum absolute atomic E-state index is 0.0131. The van der Waals surface area contributed by atoms with Crippen LogP contribution in [0.2, 0.25) is 0 Å². The molecule has 0 spiro atoms. The summed E-state index contributed by atoms with van der Waals surface area (Å²) in [7, 11) is -1.28. The Hall–Kier alpha value is -1.43. The molecule has 1 amide bonds. The van der Waals surface area contributed by atoms with Crippen molar-refractivity contribution in [1.29, 1.82) is 0 Å². The highest BCUT2D eigenvalue weighted by Gasteiger charge is 2.18. The lowest BCUT2D eigenvalue weighted by molar-refractivity contribution is -0.113. The summed E-state index contributed by atoms with van der Waals surface area (Å²) >= 11 is 0. The summed E-state index contributed by atoms with van der Waals surface area (Å²) in [5, 5.41) is 2.30. The third-order valence-corrected chi connectivity index (χ3v) is 4.81. The van der Waals surface area contributed by atoms with Crippen molar-refractivity contribution >= 4 is 28.1 Å². The second kappa shape index (κ2) is 6.65. The normalized spacial score (nSPS) is 14.2. The van der Waals surface area contributed by atoms with Gasteiger partial charge in [0.05, 0.1) is 5.69 Å². The molecule has 0 aliphatic heterocycles. The summed E-state index contributed by atoms with van der Waals surface area (Å²) < 4.78 is 25.3. The number of nitrogen functional groups attached to an aromatic ring is 1. The summed E-state index contributed by atoms with van der Waals surface area (Å²) in [4.78, 5) is 11.7. The fraction of sp³-hybridized carbons (Fsp3) is 0.462. The van der Waals surface area contributed by atoms with Gasteiger partial charge in [-0.1, -0.05) is 20.8 Å². The maximum Gasteiger partial charge on any atom is 0.237 e. The van der Waals surface area contributed by atoms with E-state index >= 15 is 0 Å². The van der Waals surface area contributed by atoms with E-state index in [1.54, 1.807) is 0 Å². The van der Waals surface area contributed by atoms with Crippen molar-refractivity contribution in [1.82, 2.24) is 0 Å². The van der Waals surface area contributed by atoms with E-state index in [-0.39, 0.29) is 22.6 Å². The standard InChI is InChI=1S/C13H19FN2O2S/c1-8(2)9(3)19(18)7-13(17)16-12-6-10(15)4-5-11(12)14/h4-6,8-9H,7,15H2,1-3H3,(H,16,17). The van der Waals surface area contributed by atoms with Crippen LogP contribution in [0, 0.1) is 11.7 Å². The molecule has 1 rings (SSSR count). The van der Waals surface area contributed by atoms with Crippen LogP contribution in [0.4, 0.5) is 15.8 Å². The number of carbonyl (C=O) groups is 1. The van der Waals surface area contributed by atoms with Crippen molar-refractivity contribution in [2.24, 2.45) is 5.92 Å². The van der Waals surface area contributed by atoms with Gasteiger partial charge in [0.25, 0.3) is 0 Å². The van der Waals surface area contributed by atoms with Crippen LogP contribution in [-0.2, 0) is 15.6 Å². The third-order valence-electron chi connectivity index (χ3n) is 2.89. The van der Waals surface area contributed by atoms with Gasteiger partial charge < -0.3 is 11.1 Å². The zero-order valence-electron chi connectivity index (χ0n) is 11.3. The highest BCUT2D eigenvalue weighted by molar-refractivity contribution is 7.86. The Morgan fingerprint density at radius 3 is 2.63 bits per heavy atom. The Balaban J connectivity index is 2.65. The topological polar surface area (TPSA) is 72.2 Å². The molecule has 1 aromatic rings. The number of nitrogens with two attached hydrogens (primary N) is 1. The summed E-state index contributed by atoms with van der Waals surface area (Å²) in [6, 6.07) is 3.92. The molecule has 2 atom stereocenters. The molecule has 6 heteroatoms. The van der Waals surface area contributed by atoms with Crippen LogP contribution in [-0.4, -0.2) is 21.1 Å². The molecule has 0 radical (unpaired) electrons. The largest absolute Gasteiger partial charge is 0.399 e. The quantitative estimate of drug-likeness (QED) is 0.815. The maximum absolute atomic E-state index is 13.4. The number of rotatable bonds is 5. The second-order valence-electron chi connectivity index (χ2n) is 4.76. The van der Waals surface area contributed by atoms with E-state index in [1.807, 2.05) is 20.8 Å². The average Bonchev–Trinajstić information content (AvgIpc) is 2.32. The highest BCUT2D eigenvalue weighted by atomic mass is 32.2. The molecule has 4 nitrogen and oxygen atoms in total. The first kappa shape index (κ1) is 15.6. The Morgan fingerprint density at radius 1 is 1.42 bits per heavy atom. The fourth-order valence-corrected chi connectivity index (χ4v) is 2.59. The number of amides is 1. The molecule has 2 unspecified atom stereocenters. The molecule has 19 heavy (non-hydrogen) atoms. The van der Waals surface area contributed by atoms with Gasteiger partial charge in [0.1, 0.15) is 11.6 Å². The third kappa shape index (κ3) is 4.63. The predicted molar refractivity (Wildman–Crippen MR) is 76.8 cm³/mol. The van der Waals surface area contributed by atoms with Gasteiger partial charge in [-0.2, -0.15) is 0 Å². The zero-order chi connectivity index (χ0) is 14.6. The predicted octanol–water partition coefficient (Wildman–Crippen LogP) is 2.14. The van der Waals surface area contributed by atoms with Crippen molar-refractivity contribution in [3.05, 3.63) is 24.0 Å². The Bertz CT molecular complexity index is 492. The summed E-state index contributed by atoms with van der Waals surface area (Å²) in [6.45, 7) is 5.71. The number of anilines is 2. The smallest absolute Gasteiger partial charge is 0.237 e. The van der Waals surface area contributed by atoms with Crippen molar-refractivity contribution in [3.8, 4) is 0 Å². The molecule has 0 aliphatic carbocycles. The summed E-state index contributed by atoms with van der Waals surface area (Å²) in [6.07, 6.45) is 0. The lowest BCUT2D eigenvalue weighted by Gasteiger charge is -2.15. The Kier molecular flexibility index (Phi) is 5.47. The van der Waals surface area contributed by atoms with Crippen molar-refractivity contribution in [3.63, 3.8) is 0 Å². The molecule has 3 N–H and O–H groups in total. The number of benzene rings is 1. The van der Waals surface area contributed by atoms with Crippen LogP contribution < -0.4 is 11.1 Å². The van der Waals surface area contributed by atoms with Crippen LogP contribution in [0.3, 0.4) is 0 Å². The molecule has 106 valence electrons. The molecule has 0 bridgehead atoms. The van der Waals surface area contributed by atoms with Crippen LogP contribution >= 0.6 is 0 Å². The molecule has 0 aromatic heterocycles. The molecular formula is C13H19FN2O2S. The van der Waals surface area contributed by atoms with E-state index in [1.165, 1.54) is 18.2 Å². The first-order valence-electron chi connectivity index (χ1n) is 6.03. The van der Waals surface area contributed by atoms with Crippen molar-refractivity contribution in [2.45, 2.75) is 26.0 Å². The molecule has 0 saturated carbocycles. The van der Waals surface area contributed by atoms with E-state index in [0.717, 1.165) is 0 Å². The Morgan fingerprint density at radius 2 is 2.05 bits per heavy atom. The fourth-order valence-electron chi connectivity index (χ4n) is 1.39. The van der Waals surface area contributed by atoms with Gasteiger partial charge >= 0.3 is 0 Å². The molecule has 1 aromatic carbocycles. The highest BCUT2D eigenvalue weighted by Crippen LogP contribution is 2.17. The van der Waals surface area contributed by atoms with Gasteiger partial charge in [-0.25, -0.2) is 4.39 Å². The molecule has 0 aliphatic rings. The lowest BCUT2D eigenvalue weighted by Crippen LogP contribution is -2.27. The molecule has 0 saturated heterocycles. The lowest BCUT2D eigenvalue weighted by atomic mass is 10.2. The van der Waals surface area contributed by atoms with E-state index < -0.39 is 22.5 Å². The summed E-state index contributed by atoms with van der Waals surface area (Å²) in [5.41, 5.74) is 5.88. The minimum Gasteiger partial charge on any atom is -0.399 e. The molecular weight excluding hydrogens is 267 g/mol. The van der Waals surface area contributed by atoms with E-state index in [0.29, 0.717) is 5.69 Å². The van der Waals surface area contributed by atoms with Gasteiger partial charge in [-0.3, -0.25) is 9.00 Å². The average molecular weight is 286 g/mol. The van der Waals surface area contributed by atoms with Gasteiger partial charge in [0.15, 0.2) is 0 Å². The minimum atomic E-state index is -1.28. The first-order valence-corrected chi connectivity index (χ1v) is 7.41. The maximum atomic E-state index is 13.4. The summed E-state index contributed by atoms with van der Waals surface area (Å²) in [5.74, 6) is -0.966. The van der Waals surface area contributed by atoms with Crippen molar-refractivity contribution in [2.75, 3.05) is 16.8 Å². The van der Waals surface area contributed by atoms with Crippen LogP contribution in [0.5, 0.6) is 0 Å². The first-order chi connectivity index (χ1) is 8.81. The van der Waals surface area contributed by atoms with E-state index in [9.17, 15) is 13.4 Å². The SMILES string of the molecule is CC(C)C(C)S(=O)CC(=O)Nc1cc(N)ccc1F. The number of nitrogens with one attached hydrogen (secondary N) is 1. The van der Waals surface area contributed by atoms with Gasteiger partial charge in [0.2, 0.25) is 5.91 Å². The van der Waals surface area contributed by atoms with E-state index in [2.05, 4.69) is 5.32 Å². The van der Waals surface area contributed by atoms with Crippen LogP contribution in [0.25, 0.3) is 0 Å². The molecule has 0 heterocycles. The Labute approximate surface area is 115 Å². The number of hydrogen-bond donors (Lipinski definition) is 2. The van der Waals surface area contributed by atoms with Crippen LogP contribution in [0.1, 0.15) is 20.8 Å². The number of hydrogen-bond acceptors (Lipinski definition) is 3. The number of halogens is 1. The second-order valence-corrected chi connectivity index (χ2v) is 6.56. The van der Waals surface area contributed by atoms with Gasteiger partial charge in [0, 0.05) is 21.7 Å².